The van der Waals surface area contributed by atoms with Gasteiger partial charge in [0, 0.05) is 24.1 Å². The van der Waals surface area contributed by atoms with Gasteiger partial charge in [-0.05, 0) is 18.2 Å². The quantitative estimate of drug-likeness (QED) is 0.382. The third-order valence-electron chi connectivity index (χ3n) is 5.39. The normalized spacial score (nSPS) is 18.0. The number of ether oxygens (including phenoxy) is 2. The topological polar surface area (TPSA) is 80.5 Å². The van der Waals surface area contributed by atoms with Crippen LogP contribution in [0.1, 0.15) is 23.6 Å². The van der Waals surface area contributed by atoms with Crippen molar-refractivity contribution in [2.45, 2.75) is 12.5 Å². The van der Waals surface area contributed by atoms with E-state index in [-0.39, 0.29) is 11.3 Å². The smallest absolute Gasteiger partial charge is 0.295 e. The number of likely N-dealkylation sites (tertiary alicyclic amines) is 1. The summed E-state index contributed by atoms with van der Waals surface area (Å²) >= 11 is 0. The highest BCUT2D eigenvalue weighted by molar-refractivity contribution is 6.46. The molecule has 31 heavy (non-hydrogen) atoms. The molecule has 2 N–H and O–H groups in total. The zero-order chi connectivity index (χ0) is 22.5. The van der Waals surface area contributed by atoms with Gasteiger partial charge in [-0.25, -0.2) is 0 Å². The number of hydrogen-bond acceptors (Lipinski definition) is 5. The SMILES string of the molecule is COc1cccc(C(O)=C2C(=O)C(=O)N(CCC[NH+](C)C)[C@H]2c2ccccc2OC)c1. The van der Waals surface area contributed by atoms with Gasteiger partial charge in [0.2, 0.25) is 0 Å². The molecule has 2 aromatic rings. The van der Waals surface area contributed by atoms with Gasteiger partial charge >= 0.3 is 0 Å². The fraction of sp³-hybridized carbons (Fsp3) is 0.333. The number of nitrogens with one attached hydrogen (secondary N) is 1. The van der Waals surface area contributed by atoms with Crippen molar-refractivity contribution in [2.75, 3.05) is 41.4 Å². The summed E-state index contributed by atoms with van der Waals surface area (Å²) in [7, 11) is 7.14. The van der Waals surface area contributed by atoms with E-state index in [0.29, 0.717) is 29.2 Å². The predicted molar refractivity (Wildman–Crippen MR) is 117 cm³/mol. The van der Waals surface area contributed by atoms with Gasteiger partial charge in [0.1, 0.15) is 17.3 Å². The van der Waals surface area contributed by atoms with Crippen molar-refractivity contribution in [1.29, 1.82) is 0 Å². The fourth-order valence-corrected chi connectivity index (χ4v) is 3.86. The second-order valence-corrected chi connectivity index (χ2v) is 7.78. The highest BCUT2D eigenvalue weighted by Crippen LogP contribution is 2.42. The van der Waals surface area contributed by atoms with Crippen molar-refractivity contribution in [3.05, 3.63) is 65.2 Å². The average Bonchev–Trinajstić information content (AvgIpc) is 3.03. The van der Waals surface area contributed by atoms with E-state index in [4.69, 9.17) is 9.47 Å². The van der Waals surface area contributed by atoms with Crippen LogP contribution in [0, 0.1) is 0 Å². The number of carbonyl (C=O) groups excluding carboxylic acids is 2. The number of para-hydroxylation sites is 1. The summed E-state index contributed by atoms with van der Waals surface area (Å²) in [6.07, 6.45) is 0.722. The molecule has 1 heterocycles. The summed E-state index contributed by atoms with van der Waals surface area (Å²) in [6.45, 7) is 1.24. The summed E-state index contributed by atoms with van der Waals surface area (Å²) in [6, 6.07) is 13.3. The van der Waals surface area contributed by atoms with E-state index in [0.717, 1.165) is 13.0 Å². The van der Waals surface area contributed by atoms with E-state index >= 15 is 0 Å². The Balaban J connectivity index is 2.15. The number of ketones is 1. The maximum atomic E-state index is 13.1. The highest BCUT2D eigenvalue weighted by atomic mass is 16.5. The third-order valence-corrected chi connectivity index (χ3v) is 5.39. The van der Waals surface area contributed by atoms with Gasteiger partial charge in [-0.3, -0.25) is 9.59 Å². The summed E-state index contributed by atoms with van der Waals surface area (Å²) in [4.78, 5) is 28.9. The van der Waals surface area contributed by atoms with Gasteiger partial charge in [-0.1, -0.05) is 30.3 Å². The highest BCUT2D eigenvalue weighted by Gasteiger charge is 2.46. The minimum Gasteiger partial charge on any atom is -0.507 e. The van der Waals surface area contributed by atoms with E-state index in [1.54, 1.807) is 37.4 Å². The molecule has 3 rings (SSSR count). The van der Waals surface area contributed by atoms with Gasteiger partial charge in [0.15, 0.2) is 0 Å². The molecule has 0 saturated carbocycles. The zero-order valence-corrected chi connectivity index (χ0v) is 18.3. The molecule has 0 radical (unpaired) electrons. The standard InChI is InChI=1S/C24H28N2O5/c1-25(2)13-8-14-26-21(18-11-5-6-12-19(18)31-4)20(23(28)24(26)29)22(27)16-9-7-10-17(15-16)30-3/h5-7,9-12,15,21,27H,8,13-14H2,1-4H3/p+1/t21-/m0/s1. The summed E-state index contributed by atoms with van der Waals surface area (Å²) in [5, 5.41) is 11.1. The molecule has 1 aliphatic heterocycles. The molecule has 0 aliphatic carbocycles. The first kappa shape index (κ1) is 22.4. The van der Waals surface area contributed by atoms with E-state index in [1.807, 2.05) is 32.3 Å². The van der Waals surface area contributed by atoms with Gasteiger partial charge in [-0.15, -0.1) is 0 Å². The van der Waals surface area contributed by atoms with Crippen LogP contribution >= 0.6 is 0 Å². The molecule has 1 saturated heterocycles. The van der Waals surface area contributed by atoms with Crippen molar-refractivity contribution >= 4 is 17.4 Å². The van der Waals surface area contributed by atoms with E-state index in [1.165, 1.54) is 16.9 Å². The summed E-state index contributed by atoms with van der Waals surface area (Å²) in [5.41, 5.74) is 1.13. The van der Waals surface area contributed by atoms with Crippen LogP contribution in [-0.2, 0) is 9.59 Å². The second kappa shape index (κ2) is 9.66. The van der Waals surface area contributed by atoms with Crippen molar-refractivity contribution < 1.29 is 29.1 Å². The first-order valence-corrected chi connectivity index (χ1v) is 10.2. The van der Waals surface area contributed by atoms with Crippen molar-refractivity contribution in [3.63, 3.8) is 0 Å². The predicted octanol–water partition coefficient (Wildman–Crippen LogP) is 1.66. The first-order chi connectivity index (χ1) is 14.9. The average molecular weight is 426 g/mol. The number of hydrogen-bond donors (Lipinski definition) is 2. The van der Waals surface area contributed by atoms with Crippen LogP contribution in [0.15, 0.2) is 54.1 Å². The van der Waals surface area contributed by atoms with Crippen molar-refractivity contribution in [1.82, 2.24) is 4.90 Å². The molecule has 0 bridgehead atoms. The molecule has 7 nitrogen and oxygen atoms in total. The molecule has 2 aromatic carbocycles. The number of methoxy groups -OCH3 is 2. The molecule has 0 aromatic heterocycles. The Morgan fingerprint density at radius 2 is 1.81 bits per heavy atom. The van der Waals surface area contributed by atoms with Gasteiger partial charge in [0.25, 0.3) is 11.7 Å². The number of aliphatic hydroxyl groups excluding tert-OH is 1. The Kier molecular flexibility index (Phi) is 6.97. The number of benzene rings is 2. The molecule has 0 unspecified atom stereocenters. The van der Waals surface area contributed by atoms with E-state index in [2.05, 4.69) is 0 Å². The zero-order valence-electron chi connectivity index (χ0n) is 18.3. The van der Waals surface area contributed by atoms with Gasteiger partial charge in [-0.2, -0.15) is 0 Å². The summed E-state index contributed by atoms with van der Waals surface area (Å²) < 4.78 is 10.8. The van der Waals surface area contributed by atoms with Crippen LogP contribution in [0.5, 0.6) is 11.5 Å². The Morgan fingerprint density at radius 1 is 1.06 bits per heavy atom. The van der Waals surface area contributed by atoms with Crippen LogP contribution in [0.4, 0.5) is 0 Å². The van der Waals surface area contributed by atoms with Gasteiger partial charge < -0.3 is 24.4 Å². The number of nitrogens with zero attached hydrogens (tertiary/aromatic N) is 1. The molecule has 1 fully saturated rings. The Bertz CT molecular complexity index is 999. The monoisotopic (exact) mass is 425 g/mol. The molecular formula is C24H29N2O5+. The lowest BCUT2D eigenvalue weighted by Crippen LogP contribution is -3.05. The maximum absolute atomic E-state index is 13.1. The number of quaternary nitrogens is 1. The number of aliphatic hydroxyl groups is 1. The minimum atomic E-state index is -0.737. The maximum Gasteiger partial charge on any atom is 0.295 e. The molecule has 1 aliphatic rings. The van der Waals surface area contributed by atoms with Gasteiger partial charge in [0.05, 0.1) is 46.5 Å². The Morgan fingerprint density at radius 3 is 2.48 bits per heavy atom. The van der Waals surface area contributed by atoms with Crippen LogP contribution in [0.2, 0.25) is 0 Å². The number of rotatable bonds is 8. The molecular weight excluding hydrogens is 396 g/mol. The number of Topliss-reactive ketones (excluding diaryl/α,β-unsaturated/α-hetero) is 1. The second-order valence-electron chi connectivity index (χ2n) is 7.78. The fourth-order valence-electron chi connectivity index (χ4n) is 3.86. The number of carbonyl (C=O) groups is 2. The van der Waals surface area contributed by atoms with E-state index in [9.17, 15) is 14.7 Å². The lowest BCUT2D eigenvalue weighted by atomic mass is 9.94. The summed E-state index contributed by atoms with van der Waals surface area (Å²) in [5.74, 6) is -0.452. The lowest BCUT2D eigenvalue weighted by molar-refractivity contribution is -0.858. The lowest BCUT2D eigenvalue weighted by Gasteiger charge is -2.26. The minimum absolute atomic E-state index is 0.0555. The molecule has 0 spiro atoms. The van der Waals surface area contributed by atoms with Crippen LogP contribution in [-0.4, -0.2) is 63.1 Å². The van der Waals surface area contributed by atoms with Crippen LogP contribution in [0.25, 0.3) is 5.76 Å². The molecule has 1 amide bonds. The van der Waals surface area contributed by atoms with Crippen LogP contribution in [0.3, 0.4) is 0 Å². The molecule has 7 heteroatoms. The third kappa shape index (κ3) is 4.56. The van der Waals surface area contributed by atoms with Crippen molar-refractivity contribution in [2.24, 2.45) is 0 Å². The molecule has 164 valence electrons. The largest absolute Gasteiger partial charge is 0.507 e. The Labute approximate surface area is 182 Å². The van der Waals surface area contributed by atoms with Crippen LogP contribution < -0.4 is 14.4 Å². The van der Waals surface area contributed by atoms with Crippen molar-refractivity contribution in [3.8, 4) is 11.5 Å². The first-order valence-electron chi connectivity index (χ1n) is 10.2. The van der Waals surface area contributed by atoms with E-state index < -0.39 is 17.7 Å². The number of amides is 1. The Hall–Kier alpha value is -3.32. The molecule has 1 atom stereocenters.